The van der Waals surface area contributed by atoms with Crippen molar-refractivity contribution in [3.05, 3.63) is 59.7 Å². The first-order chi connectivity index (χ1) is 10.6. The van der Waals surface area contributed by atoms with Gasteiger partial charge in [-0.1, -0.05) is 35.9 Å². The molecule has 0 radical (unpaired) electrons. The zero-order valence-electron chi connectivity index (χ0n) is 14.2. The molecule has 120 valence electrons. The van der Waals surface area contributed by atoms with Gasteiger partial charge in [-0.3, -0.25) is 0 Å². The fourth-order valence-electron chi connectivity index (χ4n) is 2.06. The highest BCUT2D eigenvalue weighted by molar-refractivity contribution is 5.57. The predicted molar refractivity (Wildman–Crippen MR) is 96.5 cm³/mol. The maximum Gasteiger partial charge on any atom is 0.0637 e. The van der Waals surface area contributed by atoms with Gasteiger partial charge in [0.15, 0.2) is 0 Å². The first-order valence-corrected chi connectivity index (χ1v) is 7.70. The molecule has 3 heteroatoms. The summed E-state index contributed by atoms with van der Waals surface area (Å²) < 4.78 is 5.08. The summed E-state index contributed by atoms with van der Waals surface area (Å²) in [7, 11) is 1.72. The highest BCUT2D eigenvalue weighted by atomic mass is 16.5. The lowest BCUT2D eigenvalue weighted by Crippen LogP contribution is -2.26. The molecule has 0 aliphatic heterocycles. The van der Waals surface area contributed by atoms with Crippen LogP contribution in [0.4, 0.5) is 11.4 Å². The molecule has 0 spiro atoms. The molecule has 22 heavy (non-hydrogen) atoms. The van der Waals surface area contributed by atoms with Crippen molar-refractivity contribution in [2.75, 3.05) is 37.4 Å². The van der Waals surface area contributed by atoms with Gasteiger partial charge in [0.05, 0.1) is 6.61 Å². The Kier molecular flexibility index (Phi) is 8.08. The van der Waals surface area contributed by atoms with E-state index in [1.807, 2.05) is 31.2 Å². The number of nitrogens with zero attached hydrogens (tertiary/aromatic N) is 1. The fraction of sp³-hybridized carbons (Fsp3) is 0.368. The standard InChI is InChI=1S/C12H20N2O.C7H8/c1-4-14(7-8-15-3)11-5-6-12(13)10(2)9-11;1-7-5-3-2-4-6-7/h5-6,9H,4,7-8,13H2,1-3H3;2-6H,1H3. The fourth-order valence-corrected chi connectivity index (χ4v) is 2.06. The summed E-state index contributed by atoms with van der Waals surface area (Å²) in [5.41, 5.74) is 10.3. The number of benzene rings is 2. The van der Waals surface area contributed by atoms with Crippen LogP contribution in [0.3, 0.4) is 0 Å². The Morgan fingerprint density at radius 2 is 1.73 bits per heavy atom. The average molecular weight is 300 g/mol. The lowest BCUT2D eigenvalue weighted by Gasteiger charge is -2.23. The first-order valence-electron chi connectivity index (χ1n) is 7.70. The van der Waals surface area contributed by atoms with E-state index >= 15 is 0 Å². The summed E-state index contributed by atoms with van der Waals surface area (Å²) in [6.07, 6.45) is 0. The summed E-state index contributed by atoms with van der Waals surface area (Å²) in [5.74, 6) is 0. The average Bonchev–Trinajstić information content (AvgIpc) is 2.53. The molecule has 3 nitrogen and oxygen atoms in total. The number of rotatable bonds is 5. The van der Waals surface area contributed by atoms with Crippen LogP contribution in [0, 0.1) is 13.8 Å². The normalized spacial score (nSPS) is 9.82. The second-order valence-corrected chi connectivity index (χ2v) is 5.27. The molecular weight excluding hydrogens is 272 g/mol. The van der Waals surface area contributed by atoms with Crippen LogP contribution < -0.4 is 10.6 Å². The Labute approximate surface area is 134 Å². The van der Waals surface area contributed by atoms with Crippen LogP contribution >= 0.6 is 0 Å². The molecule has 0 fully saturated rings. The summed E-state index contributed by atoms with van der Waals surface area (Å²) in [6, 6.07) is 16.4. The number of nitrogens with two attached hydrogens (primary N) is 1. The number of hydrogen-bond acceptors (Lipinski definition) is 3. The van der Waals surface area contributed by atoms with Crippen molar-refractivity contribution in [3.63, 3.8) is 0 Å². The number of aryl methyl sites for hydroxylation is 2. The van der Waals surface area contributed by atoms with Gasteiger partial charge in [-0.15, -0.1) is 0 Å². The summed E-state index contributed by atoms with van der Waals surface area (Å²) in [6.45, 7) is 8.89. The molecule has 0 aromatic heterocycles. The quantitative estimate of drug-likeness (QED) is 0.847. The zero-order chi connectivity index (χ0) is 16.4. The van der Waals surface area contributed by atoms with Crippen molar-refractivity contribution in [2.24, 2.45) is 0 Å². The zero-order valence-corrected chi connectivity index (χ0v) is 14.2. The van der Waals surface area contributed by atoms with Gasteiger partial charge in [-0.25, -0.2) is 0 Å². The Morgan fingerprint density at radius 1 is 1.05 bits per heavy atom. The number of ether oxygens (including phenoxy) is 1. The molecular formula is C19H28N2O. The molecule has 0 unspecified atom stereocenters. The molecule has 0 saturated heterocycles. The summed E-state index contributed by atoms with van der Waals surface area (Å²) >= 11 is 0. The van der Waals surface area contributed by atoms with Crippen molar-refractivity contribution in [1.29, 1.82) is 0 Å². The van der Waals surface area contributed by atoms with Gasteiger partial charge in [-0.2, -0.15) is 0 Å². The van der Waals surface area contributed by atoms with Crippen molar-refractivity contribution in [1.82, 2.24) is 0 Å². The van der Waals surface area contributed by atoms with E-state index < -0.39 is 0 Å². The van der Waals surface area contributed by atoms with Crippen LogP contribution in [0.1, 0.15) is 18.1 Å². The van der Waals surface area contributed by atoms with E-state index in [9.17, 15) is 0 Å². The van der Waals surface area contributed by atoms with E-state index in [2.05, 4.69) is 43.0 Å². The van der Waals surface area contributed by atoms with Crippen LogP contribution in [0.5, 0.6) is 0 Å². The maximum atomic E-state index is 5.79. The van der Waals surface area contributed by atoms with Gasteiger partial charge in [0.1, 0.15) is 0 Å². The largest absolute Gasteiger partial charge is 0.399 e. The highest BCUT2D eigenvalue weighted by Gasteiger charge is 2.04. The van der Waals surface area contributed by atoms with Gasteiger partial charge >= 0.3 is 0 Å². The summed E-state index contributed by atoms with van der Waals surface area (Å²) in [4.78, 5) is 2.27. The number of likely N-dealkylation sites (N-methyl/N-ethyl adjacent to an activating group) is 1. The Balaban J connectivity index is 0.000000287. The molecule has 0 atom stereocenters. The number of methoxy groups -OCH3 is 1. The monoisotopic (exact) mass is 300 g/mol. The van der Waals surface area contributed by atoms with Crippen molar-refractivity contribution >= 4 is 11.4 Å². The molecule has 0 aliphatic rings. The first kappa shape index (κ1) is 18.1. The Hall–Kier alpha value is -2.00. The van der Waals surface area contributed by atoms with Gasteiger partial charge in [0, 0.05) is 31.6 Å². The second kappa shape index (κ2) is 9.85. The lowest BCUT2D eigenvalue weighted by molar-refractivity contribution is 0.205. The molecule has 0 heterocycles. The molecule has 0 amide bonds. The van der Waals surface area contributed by atoms with E-state index in [0.29, 0.717) is 0 Å². The number of hydrogen-bond donors (Lipinski definition) is 1. The van der Waals surface area contributed by atoms with Crippen molar-refractivity contribution in [3.8, 4) is 0 Å². The van der Waals surface area contributed by atoms with Crippen molar-refractivity contribution in [2.45, 2.75) is 20.8 Å². The Bertz CT molecular complexity index is 540. The minimum absolute atomic E-state index is 0.747. The van der Waals surface area contributed by atoms with E-state index in [4.69, 9.17) is 10.5 Å². The number of anilines is 2. The second-order valence-electron chi connectivity index (χ2n) is 5.27. The third-order valence-corrected chi connectivity index (χ3v) is 3.51. The molecule has 0 saturated carbocycles. The van der Waals surface area contributed by atoms with E-state index in [-0.39, 0.29) is 0 Å². The molecule has 2 aromatic rings. The molecule has 0 aliphatic carbocycles. The van der Waals surface area contributed by atoms with Gasteiger partial charge in [0.25, 0.3) is 0 Å². The van der Waals surface area contributed by atoms with Crippen LogP contribution in [0.15, 0.2) is 48.5 Å². The summed E-state index contributed by atoms with van der Waals surface area (Å²) in [5, 5.41) is 0. The minimum Gasteiger partial charge on any atom is -0.399 e. The minimum atomic E-state index is 0.747. The number of nitrogen functional groups attached to an aromatic ring is 1. The SMILES string of the molecule is CCN(CCOC)c1ccc(N)c(C)c1.Cc1ccccc1. The topological polar surface area (TPSA) is 38.5 Å². The van der Waals surface area contributed by atoms with Gasteiger partial charge < -0.3 is 15.4 Å². The lowest BCUT2D eigenvalue weighted by atomic mass is 10.1. The van der Waals surface area contributed by atoms with Crippen LogP contribution in [0.25, 0.3) is 0 Å². The highest BCUT2D eigenvalue weighted by Crippen LogP contribution is 2.20. The smallest absolute Gasteiger partial charge is 0.0637 e. The maximum absolute atomic E-state index is 5.79. The molecule has 0 bridgehead atoms. The van der Waals surface area contributed by atoms with Crippen LogP contribution in [-0.4, -0.2) is 26.8 Å². The van der Waals surface area contributed by atoms with E-state index in [0.717, 1.165) is 30.9 Å². The van der Waals surface area contributed by atoms with Gasteiger partial charge in [-0.05, 0) is 44.5 Å². The predicted octanol–water partition coefficient (Wildman–Crippen LogP) is 4.04. The van der Waals surface area contributed by atoms with Gasteiger partial charge in [0.2, 0.25) is 0 Å². The van der Waals surface area contributed by atoms with Crippen LogP contribution in [-0.2, 0) is 4.74 Å². The molecule has 2 aromatic carbocycles. The molecule has 2 N–H and O–H groups in total. The van der Waals surface area contributed by atoms with E-state index in [1.54, 1.807) is 7.11 Å². The molecule has 2 rings (SSSR count). The van der Waals surface area contributed by atoms with Crippen molar-refractivity contribution < 1.29 is 4.74 Å². The third kappa shape index (κ3) is 6.19. The Morgan fingerprint density at radius 3 is 2.18 bits per heavy atom. The third-order valence-electron chi connectivity index (χ3n) is 3.51. The van der Waals surface area contributed by atoms with Crippen LogP contribution in [0.2, 0.25) is 0 Å². The van der Waals surface area contributed by atoms with E-state index in [1.165, 1.54) is 11.3 Å².